The number of carbonyl (C=O) groups excluding carboxylic acids is 1. The Morgan fingerprint density at radius 1 is 1.14 bits per heavy atom. The largest absolute Gasteiger partial charge is 0.327 e. The maximum absolute atomic E-state index is 12.8. The second kappa shape index (κ2) is 8.21. The smallest absolute Gasteiger partial charge is 0.289 e. The molecule has 0 atom stereocenters. The zero-order chi connectivity index (χ0) is 20.2. The van der Waals surface area contributed by atoms with Crippen LogP contribution in [-0.2, 0) is 11.3 Å². The molecule has 0 saturated carbocycles. The van der Waals surface area contributed by atoms with E-state index in [9.17, 15) is 10.1 Å². The average molecular weight is 443 g/mol. The van der Waals surface area contributed by atoms with Crippen molar-refractivity contribution >= 4 is 39.6 Å². The first-order chi connectivity index (χ1) is 14.1. The van der Waals surface area contributed by atoms with Crippen LogP contribution < -0.4 is 0 Å². The summed E-state index contributed by atoms with van der Waals surface area (Å²) in [6, 6.07) is 18.9. The number of nitrogens with zero attached hydrogens (tertiary/aromatic N) is 4. The zero-order valence-corrected chi connectivity index (χ0v) is 16.9. The molecule has 0 N–H and O–H groups in total. The Labute approximate surface area is 176 Å². The average Bonchev–Trinajstić information content (AvgIpc) is 2.89. The molecule has 5 nitrogen and oxygen atoms in total. The van der Waals surface area contributed by atoms with Crippen molar-refractivity contribution in [2.75, 3.05) is 0 Å². The third-order valence-electron chi connectivity index (χ3n) is 4.45. The molecule has 2 heterocycles. The summed E-state index contributed by atoms with van der Waals surface area (Å²) >= 11 is 3.48. The van der Waals surface area contributed by atoms with Gasteiger partial charge in [-0.25, -0.2) is 4.99 Å². The van der Waals surface area contributed by atoms with Gasteiger partial charge in [0.1, 0.15) is 17.5 Å². The number of rotatable bonds is 2. The number of fused-ring (bicyclic) bond motifs is 2. The Kier molecular flexibility index (Phi) is 5.32. The van der Waals surface area contributed by atoms with Crippen molar-refractivity contribution in [1.29, 1.82) is 5.26 Å². The maximum Gasteiger partial charge on any atom is 0.289 e. The fourth-order valence-electron chi connectivity index (χ4n) is 3.06. The molecule has 2 aliphatic heterocycles. The van der Waals surface area contributed by atoms with Crippen LogP contribution >= 0.6 is 15.9 Å². The first-order valence-electron chi connectivity index (χ1n) is 8.93. The second-order valence-electron chi connectivity index (χ2n) is 6.42. The quantitative estimate of drug-likeness (QED) is 0.504. The molecule has 0 fully saturated rings. The van der Waals surface area contributed by atoms with E-state index < -0.39 is 5.91 Å². The van der Waals surface area contributed by atoms with E-state index in [0.717, 1.165) is 21.2 Å². The highest BCUT2D eigenvalue weighted by Crippen LogP contribution is 2.24. The lowest BCUT2D eigenvalue weighted by Gasteiger charge is -2.21. The lowest BCUT2D eigenvalue weighted by atomic mass is 10.1. The van der Waals surface area contributed by atoms with E-state index in [1.807, 2.05) is 83.9 Å². The van der Waals surface area contributed by atoms with Crippen molar-refractivity contribution in [3.8, 4) is 6.07 Å². The van der Waals surface area contributed by atoms with Crippen LogP contribution in [0.15, 0.2) is 93.0 Å². The number of amides is 1. The molecule has 0 aromatic heterocycles. The molecule has 2 aromatic rings. The molecule has 0 saturated heterocycles. The van der Waals surface area contributed by atoms with Gasteiger partial charge >= 0.3 is 0 Å². The molecule has 2 aliphatic rings. The first kappa shape index (κ1) is 18.8. The lowest BCUT2D eigenvalue weighted by Crippen LogP contribution is -2.24. The van der Waals surface area contributed by atoms with E-state index in [1.165, 1.54) is 6.08 Å². The number of halogens is 1. The van der Waals surface area contributed by atoms with Crippen molar-refractivity contribution in [2.24, 2.45) is 9.98 Å². The Hall–Kier alpha value is -3.56. The molecule has 140 valence electrons. The molecule has 0 radical (unpaired) electrons. The minimum atomic E-state index is -0.615. The van der Waals surface area contributed by atoms with Gasteiger partial charge in [0.15, 0.2) is 5.84 Å². The number of hydrogen-bond donors (Lipinski definition) is 0. The van der Waals surface area contributed by atoms with Crippen LogP contribution in [0.2, 0.25) is 0 Å². The molecule has 0 bridgehead atoms. The highest BCUT2D eigenvalue weighted by Gasteiger charge is 2.22. The standard InChI is InChI=1S/C23H15BrN4O/c24-19-10-11-21-26-22(20-9-5-4-8-17(20)14-28(21)15-19)27-23(29)18(13-25)12-16-6-2-1-3-7-16/h1-12,15H,14H2/b18-12+,27-22?. The zero-order valence-electron chi connectivity index (χ0n) is 15.3. The molecule has 4 rings (SSSR count). The summed E-state index contributed by atoms with van der Waals surface area (Å²) in [5.74, 6) is 0.366. The first-order valence-corrected chi connectivity index (χ1v) is 9.72. The number of carbonyl (C=O) groups is 1. The molecule has 0 spiro atoms. The maximum atomic E-state index is 12.8. The lowest BCUT2D eigenvalue weighted by molar-refractivity contribution is -0.113. The van der Waals surface area contributed by atoms with Crippen molar-refractivity contribution in [2.45, 2.75) is 6.54 Å². The Morgan fingerprint density at radius 2 is 1.90 bits per heavy atom. The number of amidine groups is 2. The van der Waals surface area contributed by atoms with Crippen molar-refractivity contribution < 1.29 is 4.79 Å². The van der Waals surface area contributed by atoms with Crippen LogP contribution in [0.4, 0.5) is 0 Å². The molecular formula is C23H15BrN4O. The third-order valence-corrected chi connectivity index (χ3v) is 4.92. The van der Waals surface area contributed by atoms with E-state index >= 15 is 0 Å². The van der Waals surface area contributed by atoms with Gasteiger partial charge in [0.2, 0.25) is 0 Å². The monoisotopic (exact) mass is 442 g/mol. The number of nitriles is 1. The van der Waals surface area contributed by atoms with Gasteiger partial charge in [-0.2, -0.15) is 10.3 Å². The summed E-state index contributed by atoms with van der Waals surface area (Å²) in [6.45, 7) is 0.604. The van der Waals surface area contributed by atoms with Gasteiger partial charge in [0, 0.05) is 22.8 Å². The summed E-state index contributed by atoms with van der Waals surface area (Å²) < 4.78 is 0.933. The highest BCUT2D eigenvalue weighted by atomic mass is 79.9. The van der Waals surface area contributed by atoms with E-state index in [-0.39, 0.29) is 5.57 Å². The van der Waals surface area contributed by atoms with Gasteiger partial charge in [0.05, 0.1) is 0 Å². The second-order valence-corrected chi connectivity index (χ2v) is 7.34. The molecule has 0 aliphatic carbocycles. The Balaban J connectivity index is 1.78. The molecule has 2 aromatic carbocycles. The summed E-state index contributed by atoms with van der Waals surface area (Å²) in [4.78, 5) is 23.6. The normalized spacial score (nSPS) is 16.9. The van der Waals surface area contributed by atoms with Crippen molar-refractivity contribution in [3.05, 3.63) is 99.7 Å². The van der Waals surface area contributed by atoms with Gasteiger partial charge in [-0.15, -0.1) is 0 Å². The van der Waals surface area contributed by atoms with Crippen LogP contribution in [0.25, 0.3) is 6.08 Å². The van der Waals surface area contributed by atoms with E-state index in [1.54, 1.807) is 0 Å². The van der Waals surface area contributed by atoms with Crippen LogP contribution in [0.3, 0.4) is 0 Å². The summed E-state index contributed by atoms with van der Waals surface area (Å²) in [5, 5.41) is 9.48. The van der Waals surface area contributed by atoms with Crippen LogP contribution in [-0.4, -0.2) is 22.5 Å². The molecule has 6 heteroatoms. The van der Waals surface area contributed by atoms with E-state index in [0.29, 0.717) is 18.2 Å². The fourth-order valence-corrected chi connectivity index (χ4v) is 3.44. The number of allylic oxidation sites excluding steroid dienone is 2. The Bertz CT molecular complexity index is 1170. The minimum absolute atomic E-state index is 0.0377. The SMILES string of the molecule is N#C/C(=C\c1ccccc1)C(=O)N=C1N=C2C=CC(Br)=CN2Cc2ccccc21. The topological polar surface area (TPSA) is 68.8 Å². The van der Waals surface area contributed by atoms with Crippen LogP contribution in [0.1, 0.15) is 16.7 Å². The Morgan fingerprint density at radius 3 is 2.69 bits per heavy atom. The van der Waals surface area contributed by atoms with Crippen LogP contribution in [0.5, 0.6) is 0 Å². The van der Waals surface area contributed by atoms with E-state index in [4.69, 9.17) is 0 Å². The van der Waals surface area contributed by atoms with E-state index in [2.05, 4.69) is 25.9 Å². The van der Waals surface area contributed by atoms with Gasteiger partial charge < -0.3 is 4.90 Å². The molecule has 29 heavy (non-hydrogen) atoms. The van der Waals surface area contributed by atoms with Gasteiger partial charge in [-0.3, -0.25) is 4.79 Å². The van der Waals surface area contributed by atoms with Crippen molar-refractivity contribution in [3.63, 3.8) is 0 Å². The third kappa shape index (κ3) is 4.15. The summed E-state index contributed by atoms with van der Waals surface area (Å²) in [6.07, 6.45) is 7.23. The summed E-state index contributed by atoms with van der Waals surface area (Å²) in [7, 11) is 0. The number of benzene rings is 2. The predicted octanol–water partition coefficient (Wildman–Crippen LogP) is 4.59. The van der Waals surface area contributed by atoms with Crippen LogP contribution in [0, 0.1) is 11.3 Å². The number of aliphatic imine (C=N–C) groups is 2. The van der Waals surface area contributed by atoms with Gasteiger partial charge in [-0.05, 0) is 45.3 Å². The fraction of sp³-hybridized carbons (Fsp3) is 0.0435. The predicted molar refractivity (Wildman–Crippen MR) is 117 cm³/mol. The van der Waals surface area contributed by atoms with Gasteiger partial charge in [-0.1, -0.05) is 54.6 Å². The number of hydrogen-bond acceptors (Lipinski definition) is 3. The van der Waals surface area contributed by atoms with Gasteiger partial charge in [0.25, 0.3) is 5.91 Å². The molecule has 1 amide bonds. The molecule has 0 unspecified atom stereocenters. The van der Waals surface area contributed by atoms with Crippen molar-refractivity contribution in [1.82, 2.24) is 4.90 Å². The summed E-state index contributed by atoms with van der Waals surface area (Å²) in [5.41, 5.74) is 2.50. The minimum Gasteiger partial charge on any atom is -0.327 e. The molecular weight excluding hydrogens is 428 g/mol. The highest BCUT2D eigenvalue weighted by molar-refractivity contribution is 9.11.